The number of amides is 1. The molecule has 0 radical (unpaired) electrons. The summed E-state index contributed by atoms with van der Waals surface area (Å²) in [5.41, 5.74) is 3.32. The van der Waals surface area contributed by atoms with Crippen molar-refractivity contribution in [2.24, 2.45) is 10.8 Å². The van der Waals surface area contributed by atoms with Crippen LogP contribution in [0.5, 0.6) is 5.75 Å². The lowest BCUT2D eigenvalue weighted by molar-refractivity contribution is -0.120. The zero-order chi connectivity index (χ0) is 29.0. The van der Waals surface area contributed by atoms with E-state index in [2.05, 4.69) is 64.9 Å². The fourth-order valence-corrected chi connectivity index (χ4v) is 7.31. The summed E-state index contributed by atoms with van der Waals surface area (Å²) in [6, 6.07) is 11.3. The fraction of sp³-hybridized carbons (Fsp3) is 0.406. The summed E-state index contributed by atoms with van der Waals surface area (Å²) in [6.45, 7) is 10.1. The van der Waals surface area contributed by atoms with E-state index in [-0.39, 0.29) is 34.9 Å². The van der Waals surface area contributed by atoms with Crippen LogP contribution in [0.2, 0.25) is 0 Å². The van der Waals surface area contributed by atoms with Crippen LogP contribution in [-0.2, 0) is 19.1 Å². The van der Waals surface area contributed by atoms with Crippen molar-refractivity contribution in [2.75, 3.05) is 11.9 Å². The lowest BCUT2D eigenvalue weighted by atomic mass is 9.65. The van der Waals surface area contributed by atoms with Gasteiger partial charge in [-0.15, -0.1) is 0 Å². The lowest BCUT2D eigenvalue weighted by Crippen LogP contribution is -2.37. The number of hydrogen-bond acceptors (Lipinski definition) is 5. The third-order valence-electron chi connectivity index (χ3n) is 7.62. The molecular weight excluding hydrogens is 638 g/mol. The van der Waals surface area contributed by atoms with Gasteiger partial charge in [-0.2, -0.15) is 0 Å². The van der Waals surface area contributed by atoms with Gasteiger partial charge in [-0.1, -0.05) is 45.4 Å². The number of carbonyl (C=O) groups excluding carboxylic acids is 3. The molecule has 2 aromatic rings. The fourth-order valence-electron chi connectivity index (χ4n) is 5.86. The molecule has 0 fully saturated rings. The molecule has 8 heteroatoms. The molecule has 1 amide bonds. The van der Waals surface area contributed by atoms with Gasteiger partial charge in [-0.05, 0) is 79.4 Å². The molecule has 0 bridgehead atoms. The number of ether oxygens (including phenoxy) is 2. The minimum absolute atomic E-state index is 0.0146. The minimum Gasteiger partial charge on any atom is -0.481 e. The van der Waals surface area contributed by atoms with Gasteiger partial charge in [0.05, 0.1) is 8.95 Å². The predicted octanol–water partition coefficient (Wildman–Crippen LogP) is 7.94. The van der Waals surface area contributed by atoms with Gasteiger partial charge in [-0.25, -0.2) is 0 Å². The van der Waals surface area contributed by atoms with Crippen LogP contribution >= 0.6 is 31.9 Å². The standard InChI is InChI=1S/C32H33Br2NO5/c1-17-6-8-19(9-7-17)35-26(38)16-39-30-20(33)10-18(11-21(30)34)27-28-22(36)12-31(2,3)14-24(28)40-25-15-32(4,5)13-23(37)29(25)27/h6-11,27H,12-16H2,1-5H3,(H,35,38). The van der Waals surface area contributed by atoms with E-state index in [0.717, 1.165) is 11.1 Å². The van der Waals surface area contributed by atoms with Crippen molar-refractivity contribution in [3.8, 4) is 5.75 Å². The summed E-state index contributed by atoms with van der Waals surface area (Å²) in [7, 11) is 0. The van der Waals surface area contributed by atoms with Gasteiger partial charge in [0.2, 0.25) is 0 Å². The molecule has 0 atom stereocenters. The maximum absolute atomic E-state index is 13.6. The van der Waals surface area contributed by atoms with Gasteiger partial charge >= 0.3 is 0 Å². The molecule has 2 aliphatic carbocycles. The molecule has 0 saturated heterocycles. The highest BCUT2D eigenvalue weighted by Gasteiger charge is 2.48. The second kappa shape index (κ2) is 10.6. The van der Waals surface area contributed by atoms with Crippen LogP contribution in [0.3, 0.4) is 0 Å². The number of ketones is 2. The topological polar surface area (TPSA) is 81.7 Å². The van der Waals surface area contributed by atoms with E-state index in [0.29, 0.717) is 68.7 Å². The van der Waals surface area contributed by atoms with Crippen molar-refractivity contribution in [3.63, 3.8) is 0 Å². The Kier molecular flexibility index (Phi) is 7.64. The van der Waals surface area contributed by atoms with Crippen LogP contribution in [0.15, 0.2) is 68.0 Å². The van der Waals surface area contributed by atoms with Gasteiger partial charge in [0.25, 0.3) is 5.91 Å². The smallest absolute Gasteiger partial charge is 0.262 e. The maximum atomic E-state index is 13.6. The van der Waals surface area contributed by atoms with Crippen LogP contribution in [0.25, 0.3) is 0 Å². The van der Waals surface area contributed by atoms with Crippen LogP contribution in [0.1, 0.15) is 70.4 Å². The van der Waals surface area contributed by atoms with E-state index in [1.54, 1.807) is 0 Å². The first-order valence-corrected chi connectivity index (χ1v) is 15.0. The monoisotopic (exact) mass is 669 g/mol. The first-order valence-electron chi connectivity index (χ1n) is 13.4. The summed E-state index contributed by atoms with van der Waals surface area (Å²) in [4.78, 5) is 39.6. The number of aryl methyl sites for hydroxylation is 1. The summed E-state index contributed by atoms with van der Waals surface area (Å²) in [5, 5.41) is 2.83. The molecule has 0 aromatic heterocycles. The molecule has 40 heavy (non-hydrogen) atoms. The van der Waals surface area contributed by atoms with Gasteiger partial charge in [-0.3, -0.25) is 14.4 Å². The Bertz CT molecular complexity index is 1410. The van der Waals surface area contributed by atoms with Crippen LogP contribution in [-0.4, -0.2) is 24.1 Å². The van der Waals surface area contributed by atoms with Crippen LogP contribution in [0.4, 0.5) is 5.69 Å². The van der Waals surface area contributed by atoms with Crippen molar-refractivity contribution in [3.05, 3.63) is 79.1 Å². The molecule has 0 unspecified atom stereocenters. The molecule has 0 spiro atoms. The lowest BCUT2D eigenvalue weighted by Gasteiger charge is -2.42. The Hall–Kier alpha value is -2.71. The molecule has 0 saturated carbocycles. The normalized spacial score (nSPS) is 20.1. The number of hydrogen-bond donors (Lipinski definition) is 1. The number of rotatable bonds is 5. The largest absolute Gasteiger partial charge is 0.481 e. The van der Waals surface area contributed by atoms with E-state index >= 15 is 0 Å². The number of nitrogens with one attached hydrogen (secondary N) is 1. The first-order chi connectivity index (χ1) is 18.7. The van der Waals surface area contributed by atoms with Crippen molar-refractivity contribution in [1.82, 2.24) is 0 Å². The van der Waals surface area contributed by atoms with Gasteiger partial charge in [0.1, 0.15) is 17.3 Å². The summed E-state index contributed by atoms with van der Waals surface area (Å²) in [6.07, 6.45) is 2.06. The summed E-state index contributed by atoms with van der Waals surface area (Å²) < 4.78 is 13.5. The number of benzene rings is 2. The molecule has 1 N–H and O–H groups in total. The number of carbonyl (C=O) groups is 3. The zero-order valence-electron chi connectivity index (χ0n) is 23.4. The number of anilines is 1. The average molecular weight is 671 g/mol. The Morgan fingerprint density at radius 2 is 1.40 bits per heavy atom. The quantitative estimate of drug-likeness (QED) is 0.349. The highest BCUT2D eigenvalue weighted by atomic mass is 79.9. The Morgan fingerprint density at radius 3 is 1.90 bits per heavy atom. The Balaban J connectivity index is 1.47. The van der Waals surface area contributed by atoms with Crippen molar-refractivity contribution >= 4 is 55.0 Å². The number of allylic oxidation sites excluding steroid dienone is 4. The first kappa shape index (κ1) is 28.8. The van der Waals surface area contributed by atoms with E-state index in [1.165, 1.54) is 0 Å². The van der Waals surface area contributed by atoms with Crippen molar-refractivity contribution in [2.45, 2.75) is 66.2 Å². The van der Waals surface area contributed by atoms with E-state index in [4.69, 9.17) is 9.47 Å². The van der Waals surface area contributed by atoms with E-state index in [1.807, 2.05) is 43.3 Å². The molecule has 6 nitrogen and oxygen atoms in total. The SMILES string of the molecule is Cc1ccc(NC(=O)COc2c(Br)cc(C3C4=C(CC(C)(C)CC4=O)OC4=C3C(=O)CC(C)(C)C4)cc2Br)cc1. The second-order valence-corrected chi connectivity index (χ2v) is 14.3. The summed E-state index contributed by atoms with van der Waals surface area (Å²) >= 11 is 7.22. The molecule has 2 aromatic carbocycles. The maximum Gasteiger partial charge on any atom is 0.262 e. The highest BCUT2D eigenvalue weighted by Crippen LogP contribution is 2.54. The number of halogens is 2. The van der Waals surface area contributed by atoms with Gasteiger partial charge in [0.15, 0.2) is 18.2 Å². The third-order valence-corrected chi connectivity index (χ3v) is 8.80. The van der Waals surface area contributed by atoms with Crippen molar-refractivity contribution in [1.29, 1.82) is 0 Å². The zero-order valence-corrected chi connectivity index (χ0v) is 26.5. The predicted molar refractivity (Wildman–Crippen MR) is 161 cm³/mol. The molecule has 3 aliphatic rings. The third kappa shape index (κ3) is 5.84. The Morgan fingerprint density at radius 1 is 0.900 bits per heavy atom. The molecular formula is C32H33Br2NO5. The van der Waals surface area contributed by atoms with E-state index in [9.17, 15) is 14.4 Å². The molecule has 5 rings (SSSR count). The Labute approximate surface area is 251 Å². The van der Waals surface area contributed by atoms with Gasteiger partial charge in [0, 0.05) is 48.4 Å². The molecule has 1 heterocycles. The number of Topliss-reactive ketones (excluding diaryl/α,β-unsaturated/α-hetero) is 2. The minimum atomic E-state index is -0.516. The van der Waals surface area contributed by atoms with E-state index < -0.39 is 5.92 Å². The molecule has 210 valence electrons. The summed E-state index contributed by atoms with van der Waals surface area (Å²) in [5.74, 6) is 1.04. The second-order valence-electron chi connectivity index (χ2n) is 12.6. The van der Waals surface area contributed by atoms with Crippen LogP contribution < -0.4 is 10.1 Å². The van der Waals surface area contributed by atoms with Crippen LogP contribution in [0, 0.1) is 17.8 Å². The van der Waals surface area contributed by atoms with Crippen molar-refractivity contribution < 1.29 is 23.9 Å². The average Bonchev–Trinajstić information content (AvgIpc) is 2.82. The molecule has 1 aliphatic heterocycles. The highest BCUT2D eigenvalue weighted by molar-refractivity contribution is 9.11. The van der Waals surface area contributed by atoms with Gasteiger partial charge < -0.3 is 14.8 Å².